The van der Waals surface area contributed by atoms with Gasteiger partial charge in [0.15, 0.2) is 5.78 Å². The molecule has 2 heterocycles. The van der Waals surface area contributed by atoms with Gasteiger partial charge >= 0.3 is 0 Å². The first-order valence-corrected chi connectivity index (χ1v) is 8.47. The summed E-state index contributed by atoms with van der Waals surface area (Å²) in [7, 11) is 0. The number of fused-ring (bicyclic) bond motifs is 1. The number of ketones is 1. The van der Waals surface area contributed by atoms with Crippen molar-refractivity contribution in [3.8, 4) is 5.69 Å². The lowest BCUT2D eigenvalue weighted by Crippen LogP contribution is -2.04. The largest absolute Gasteiger partial charge is 0.360 e. The molecule has 0 aliphatic rings. The zero-order chi connectivity index (χ0) is 17.2. The molecule has 4 aromatic rings. The van der Waals surface area contributed by atoms with Crippen molar-refractivity contribution in [2.45, 2.75) is 5.16 Å². The maximum atomic E-state index is 13.4. The Labute approximate surface area is 146 Å². The minimum Gasteiger partial charge on any atom is -0.360 e. The summed E-state index contributed by atoms with van der Waals surface area (Å²) in [5.41, 5.74) is 2.06. The normalized spacial score (nSPS) is 11.1. The van der Waals surface area contributed by atoms with Crippen LogP contribution in [0.15, 0.2) is 59.9 Å². The molecule has 0 atom stereocenters. The van der Waals surface area contributed by atoms with E-state index in [1.54, 1.807) is 18.3 Å². The molecule has 8 heteroatoms. The van der Waals surface area contributed by atoms with Crippen LogP contribution in [0.3, 0.4) is 0 Å². The van der Waals surface area contributed by atoms with E-state index >= 15 is 0 Å². The molecule has 2 aromatic heterocycles. The van der Waals surface area contributed by atoms with Gasteiger partial charge in [0, 0.05) is 22.7 Å². The van der Waals surface area contributed by atoms with Crippen molar-refractivity contribution in [3.05, 3.63) is 66.1 Å². The van der Waals surface area contributed by atoms with E-state index in [4.69, 9.17) is 0 Å². The van der Waals surface area contributed by atoms with Gasteiger partial charge in [-0.25, -0.2) is 4.39 Å². The SMILES string of the molecule is O=C(CSc1nnnn1-c1cccc(F)c1)c1c[nH]c2ccccc12. The average Bonchev–Trinajstić information content (AvgIpc) is 3.26. The quantitative estimate of drug-likeness (QED) is 0.440. The molecule has 0 saturated heterocycles. The Morgan fingerprint density at radius 1 is 1.20 bits per heavy atom. The molecule has 25 heavy (non-hydrogen) atoms. The minimum absolute atomic E-state index is 0.0313. The number of halogens is 1. The fourth-order valence-electron chi connectivity index (χ4n) is 2.55. The lowest BCUT2D eigenvalue weighted by atomic mass is 10.1. The Morgan fingerprint density at radius 2 is 2.08 bits per heavy atom. The second-order valence-corrected chi connectivity index (χ2v) is 6.26. The maximum Gasteiger partial charge on any atom is 0.214 e. The third-order valence-corrected chi connectivity index (χ3v) is 4.63. The first-order chi connectivity index (χ1) is 12.2. The number of hydrogen-bond donors (Lipinski definition) is 1. The van der Waals surface area contributed by atoms with Gasteiger partial charge < -0.3 is 4.98 Å². The van der Waals surface area contributed by atoms with Gasteiger partial charge in [-0.2, -0.15) is 4.68 Å². The van der Waals surface area contributed by atoms with Gasteiger partial charge in [-0.15, -0.1) is 5.10 Å². The molecular weight excluding hydrogens is 341 g/mol. The van der Waals surface area contributed by atoms with E-state index in [9.17, 15) is 9.18 Å². The number of benzene rings is 2. The zero-order valence-electron chi connectivity index (χ0n) is 12.9. The lowest BCUT2D eigenvalue weighted by Gasteiger charge is -2.04. The summed E-state index contributed by atoms with van der Waals surface area (Å²) in [6, 6.07) is 13.6. The Balaban J connectivity index is 1.54. The Bertz CT molecular complexity index is 1060. The number of nitrogens with one attached hydrogen (secondary N) is 1. The summed E-state index contributed by atoms with van der Waals surface area (Å²) in [6.45, 7) is 0. The second kappa shape index (κ2) is 6.48. The molecule has 1 N–H and O–H groups in total. The van der Waals surface area contributed by atoms with Gasteiger partial charge in [-0.1, -0.05) is 36.0 Å². The number of carbonyl (C=O) groups is 1. The number of para-hydroxylation sites is 1. The number of tetrazole rings is 1. The number of H-pyrrole nitrogens is 1. The molecule has 4 rings (SSSR count). The third kappa shape index (κ3) is 3.03. The van der Waals surface area contributed by atoms with E-state index in [-0.39, 0.29) is 17.4 Å². The predicted octanol–water partition coefficient (Wildman–Crippen LogP) is 3.26. The van der Waals surface area contributed by atoms with Crippen molar-refractivity contribution >= 4 is 28.4 Å². The van der Waals surface area contributed by atoms with Crippen molar-refractivity contribution in [1.82, 2.24) is 25.2 Å². The van der Waals surface area contributed by atoms with Crippen molar-refractivity contribution in [2.75, 3.05) is 5.75 Å². The van der Waals surface area contributed by atoms with Crippen LogP contribution in [0.25, 0.3) is 16.6 Å². The molecule has 0 bridgehead atoms. The van der Waals surface area contributed by atoms with Crippen molar-refractivity contribution in [1.29, 1.82) is 0 Å². The molecule has 0 unspecified atom stereocenters. The number of aromatic nitrogens is 5. The number of rotatable bonds is 5. The summed E-state index contributed by atoms with van der Waals surface area (Å²) in [6.07, 6.45) is 1.71. The minimum atomic E-state index is -0.376. The zero-order valence-corrected chi connectivity index (χ0v) is 13.7. The molecule has 0 amide bonds. The van der Waals surface area contributed by atoms with Gasteiger partial charge in [0.05, 0.1) is 11.4 Å². The van der Waals surface area contributed by atoms with Gasteiger partial charge in [0.1, 0.15) is 5.82 Å². The summed E-state index contributed by atoms with van der Waals surface area (Å²) in [5.74, 6) is -0.229. The Morgan fingerprint density at radius 3 is 2.96 bits per heavy atom. The van der Waals surface area contributed by atoms with Crippen LogP contribution >= 0.6 is 11.8 Å². The highest BCUT2D eigenvalue weighted by Crippen LogP contribution is 2.23. The van der Waals surface area contributed by atoms with E-state index in [0.29, 0.717) is 16.4 Å². The van der Waals surface area contributed by atoms with Gasteiger partial charge in [0.25, 0.3) is 0 Å². The van der Waals surface area contributed by atoms with E-state index in [1.165, 1.54) is 28.6 Å². The molecule has 6 nitrogen and oxygen atoms in total. The fraction of sp³-hybridized carbons (Fsp3) is 0.0588. The predicted molar refractivity (Wildman–Crippen MR) is 92.5 cm³/mol. The van der Waals surface area contributed by atoms with Crippen LogP contribution in [-0.2, 0) is 0 Å². The number of hydrogen-bond acceptors (Lipinski definition) is 5. The van der Waals surface area contributed by atoms with Crippen LogP contribution in [0, 0.1) is 5.82 Å². The van der Waals surface area contributed by atoms with Crippen molar-refractivity contribution < 1.29 is 9.18 Å². The van der Waals surface area contributed by atoms with Crippen molar-refractivity contribution in [3.63, 3.8) is 0 Å². The fourth-order valence-corrected chi connectivity index (χ4v) is 3.32. The van der Waals surface area contributed by atoms with Gasteiger partial charge in [0.2, 0.25) is 5.16 Å². The van der Waals surface area contributed by atoms with Gasteiger partial charge in [-0.3, -0.25) is 4.79 Å². The number of thioether (sulfide) groups is 1. The molecule has 0 aliphatic carbocycles. The lowest BCUT2D eigenvalue weighted by molar-refractivity contribution is 0.102. The van der Waals surface area contributed by atoms with Crippen LogP contribution in [0.5, 0.6) is 0 Å². The highest BCUT2D eigenvalue weighted by atomic mass is 32.2. The summed E-state index contributed by atoms with van der Waals surface area (Å²) >= 11 is 1.21. The highest BCUT2D eigenvalue weighted by molar-refractivity contribution is 7.99. The molecule has 0 fully saturated rings. The second-order valence-electron chi connectivity index (χ2n) is 5.31. The Hall–Kier alpha value is -3.00. The molecule has 0 saturated carbocycles. The summed E-state index contributed by atoms with van der Waals surface area (Å²) in [4.78, 5) is 15.6. The number of aromatic amines is 1. The van der Waals surface area contributed by atoms with E-state index in [1.807, 2.05) is 24.3 Å². The molecule has 124 valence electrons. The molecule has 0 radical (unpaired) electrons. The van der Waals surface area contributed by atoms with Crippen molar-refractivity contribution in [2.24, 2.45) is 0 Å². The average molecular weight is 353 g/mol. The van der Waals surface area contributed by atoms with Crippen LogP contribution in [0.2, 0.25) is 0 Å². The van der Waals surface area contributed by atoms with E-state index in [2.05, 4.69) is 20.5 Å². The number of carbonyl (C=O) groups excluding carboxylic acids is 1. The van der Waals surface area contributed by atoms with E-state index < -0.39 is 0 Å². The first-order valence-electron chi connectivity index (χ1n) is 7.49. The summed E-state index contributed by atoms with van der Waals surface area (Å²) < 4.78 is 14.8. The number of nitrogens with zero attached hydrogens (tertiary/aromatic N) is 4. The molecular formula is C17H12FN5OS. The standard InChI is InChI=1S/C17H12FN5OS/c18-11-4-3-5-12(8-11)23-17(20-21-22-23)25-10-16(24)14-9-19-15-7-2-1-6-13(14)15/h1-9,19H,10H2. The van der Waals surface area contributed by atoms with Crippen LogP contribution in [0.4, 0.5) is 4.39 Å². The smallest absolute Gasteiger partial charge is 0.214 e. The summed E-state index contributed by atoms with van der Waals surface area (Å²) in [5, 5.41) is 12.7. The van der Waals surface area contributed by atoms with Crippen LogP contribution < -0.4 is 0 Å². The van der Waals surface area contributed by atoms with Gasteiger partial charge in [-0.05, 0) is 34.7 Å². The molecule has 2 aromatic carbocycles. The van der Waals surface area contributed by atoms with Crippen LogP contribution in [-0.4, -0.2) is 36.7 Å². The third-order valence-electron chi connectivity index (χ3n) is 3.72. The first kappa shape index (κ1) is 15.5. The number of Topliss-reactive ketones (excluding diaryl/α,β-unsaturated/α-hetero) is 1. The topological polar surface area (TPSA) is 76.5 Å². The molecule has 0 spiro atoms. The molecule has 0 aliphatic heterocycles. The highest BCUT2D eigenvalue weighted by Gasteiger charge is 2.15. The monoisotopic (exact) mass is 353 g/mol. The van der Waals surface area contributed by atoms with Crippen LogP contribution in [0.1, 0.15) is 10.4 Å². The van der Waals surface area contributed by atoms with E-state index in [0.717, 1.165) is 10.9 Å². The Kier molecular flexibility index (Phi) is 4.02. The maximum absolute atomic E-state index is 13.4.